The van der Waals surface area contributed by atoms with Crippen LogP contribution in [0.25, 0.3) is 0 Å². The van der Waals surface area contributed by atoms with Gasteiger partial charge in [-0.15, -0.1) is 0 Å². The molecule has 0 bridgehead atoms. The van der Waals surface area contributed by atoms with E-state index in [0.29, 0.717) is 19.6 Å². The third-order valence-corrected chi connectivity index (χ3v) is 3.98. The number of nitrogens with one attached hydrogen (secondary N) is 1. The van der Waals surface area contributed by atoms with Crippen molar-refractivity contribution in [2.45, 2.75) is 32.6 Å². The van der Waals surface area contributed by atoms with E-state index in [1.165, 1.54) is 5.56 Å². The Morgan fingerprint density at radius 2 is 2.14 bits per heavy atom. The van der Waals surface area contributed by atoms with E-state index in [0.717, 1.165) is 25.7 Å². The highest BCUT2D eigenvalue weighted by molar-refractivity contribution is 5.79. The van der Waals surface area contributed by atoms with Gasteiger partial charge in [0.2, 0.25) is 11.8 Å². The third-order valence-electron chi connectivity index (χ3n) is 3.98. The third kappa shape index (κ3) is 4.85. The summed E-state index contributed by atoms with van der Waals surface area (Å²) < 4.78 is 0. The highest BCUT2D eigenvalue weighted by Gasteiger charge is 2.25. The molecule has 0 spiro atoms. The number of nitrogens with zero attached hydrogens (tertiary/aromatic N) is 2. The first kappa shape index (κ1) is 15.5. The molecule has 1 N–H and O–H groups in total. The molecule has 1 aliphatic rings. The predicted octanol–water partition coefficient (Wildman–Crippen LogP) is 1.39. The van der Waals surface area contributed by atoms with E-state index in [1.54, 1.807) is 13.1 Å². The maximum absolute atomic E-state index is 12.1. The average Bonchev–Trinajstić information content (AvgIpc) is 2.52. The number of hydrogen-bond acceptors (Lipinski definition) is 3. The molecule has 1 aliphatic heterocycles. The number of rotatable bonds is 5. The molecule has 0 aromatic carbocycles. The lowest BCUT2D eigenvalue weighted by atomic mass is 9.96. The molecule has 1 aromatic heterocycles. The topological polar surface area (TPSA) is 62.3 Å². The van der Waals surface area contributed by atoms with Gasteiger partial charge < -0.3 is 10.2 Å². The van der Waals surface area contributed by atoms with Crippen LogP contribution in [-0.2, 0) is 16.0 Å². The number of piperidine rings is 1. The summed E-state index contributed by atoms with van der Waals surface area (Å²) in [5.41, 5.74) is 1.20. The highest BCUT2D eigenvalue weighted by atomic mass is 16.2. The number of carbonyl (C=O) groups excluding carboxylic acids is 2. The second kappa shape index (κ2) is 7.76. The molecule has 0 radical (unpaired) electrons. The molecule has 114 valence electrons. The van der Waals surface area contributed by atoms with Gasteiger partial charge in [-0.1, -0.05) is 6.07 Å². The molecule has 0 saturated carbocycles. The Morgan fingerprint density at radius 3 is 2.76 bits per heavy atom. The molecule has 5 nitrogen and oxygen atoms in total. The van der Waals surface area contributed by atoms with Crippen LogP contribution in [0.2, 0.25) is 0 Å². The van der Waals surface area contributed by atoms with Crippen molar-refractivity contribution in [3.63, 3.8) is 0 Å². The fraction of sp³-hybridized carbons (Fsp3) is 0.562. The minimum Gasteiger partial charge on any atom is -0.356 e. The molecule has 2 rings (SSSR count). The SMILES string of the molecule is CC(=O)N1CCC(C(=O)NCCCc2cccnc2)CC1. The van der Waals surface area contributed by atoms with E-state index in [-0.39, 0.29) is 17.7 Å². The minimum atomic E-state index is 0.0546. The van der Waals surface area contributed by atoms with Gasteiger partial charge in [0.1, 0.15) is 0 Å². The summed E-state index contributed by atoms with van der Waals surface area (Å²) in [5, 5.41) is 3.00. The number of likely N-dealkylation sites (tertiary alicyclic amines) is 1. The van der Waals surface area contributed by atoms with Crippen molar-refractivity contribution in [3.05, 3.63) is 30.1 Å². The number of pyridine rings is 1. The van der Waals surface area contributed by atoms with Gasteiger partial charge >= 0.3 is 0 Å². The van der Waals surface area contributed by atoms with Gasteiger partial charge in [0.05, 0.1) is 0 Å². The zero-order valence-electron chi connectivity index (χ0n) is 12.5. The van der Waals surface area contributed by atoms with E-state index >= 15 is 0 Å². The first-order valence-corrected chi connectivity index (χ1v) is 7.59. The quantitative estimate of drug-likeness (QED) is 0.833. The summed E-state index contributed by atoms with van der Waals surface area (Å²) in [5.74, 6) is 0.286. The second-order valence-electron chi connectivity index (χ2n) is 5.54. The van der Waals surface area contributed by atoms with Crippen molar-refractivity contribution in [1.29, 1.82) is 0 Å². The number of hydrogen-bond donors (Lipinski definition) is 1. The van der Waals surface area contributed by atoms with Crippen molar-refractivity contribution < 1.29 is 9.59 Å². The molecular weight excluding hydrogens is 266 g/mol. The van der Waals surface area contributed by atoms with Gasteiger partial charge in [0.25, 0.3) is 0 Å². The summed E-state index contributed by atoms with van der Waals surface area (Å²) in [6, 6.07) is 3.98. The van der Waals surface area contributed by atoms with Crippen molar-refractivity contribution in [2.24, 2.45) is 5.92 Å². The summed E-state index contributed by atoms with van der Waals surface area (Å²) in [6.45, 7) is 3.67. The van der Waals surface area contributed by atoms with E-state index < -0.39 is 0 Å². The predicted molar refractivity (Wildman–Crippen MR) is 80.5 cm³/mol. The van der Waals surface area contributed by atoms with Gasteiger partial charge in [-0.25, -0.2) is 0 Å². The molecule has 21 heavy (non-hydrogen) atoms. The second-order valence-corrected chi connectivity index (χ2v) is 5.54. The Bertz CT molecular complexity index is 468. The fourth-order valence-corrected chi connectivity index (χ4v) is 2.65. The molecule has 2 amide bonds. The van der Waals surface area contributed by atoms with Crippen LogP contribution in [0.1, 0.15) is 31.7 Å². The van der Waals surface area contributed by atoms with Crippen LogP contribution < -0.4 is 5.32 Å². The normalized spacial score (nSPS) is 15.8. The monoisotopic (exact) mass is 289 g/mol. The molecule has 1 fully saturated rings. The zero-order chi connectivity index (χ0) is 15.1. The first-order chi connectivity index (χ1) is 10.2. The Hall–Kier alpha value is -1.91. The summed E-state index contributed by atoms with van der Waals surface area (Å²) >= 11 is 0. The largest absolute Gasteiger partial charge is 0.356 e. The van der Waals surface area contributed by atoms with Crippen LogP contribution in [-0.4, -0.2) is 41.3 Å². The van der Waals surface area contributed by atoms with Gasteiger partial charge in [-0.2, -0.15) is 0 Å². The van der Waals surface area contributed by atoms with Crippen LogP contribution in [0.15, 0.2) is 24.5 Å². The standard InChI is InChI=1S/C16H23N3O2/c1-13(20)19-10-6-15(7-11-19)16(21)18-9-3-5-14-4-2-8-17-12-14/h2,4,8,12,15H,3,5-7,9-11H2,1H3,(H,18,21). The number of carbonyl (C=O) groups is 2. The number of aryl methyl sites for hydroxylation is 1. The lowest BCUT2D eigenvalue weighted by Crippen LogP contribution is -2.42. The smallest absolute Gasteiger partial charge is 0.223 e. The first-order valence-electron chi connectivity index (χ1n) is 7.59. The highest BCUT2D eigenvalue weighted by Crippen LogP contribution is 2.17. The van der Waals surface area contributed by atoms with Crippen molar-refractivity contribution in [3.8, 4) is 0 Å². The summed E-state index contributed by atoms with van der Waals surface area (Å²) in [4.78, 5) is 29.2. The molecule has 2 heterocycles. The Balaban J connectivity index is 1.63. The summed E-state index contributed by atoms with van der Waals surface area (Å²) in [6.07, 6.45) is 7.01. The van der Waals surface area contributed by atoms with Gasteiger partial charge in [-0.3, -0.25) is 14.6 Å². The fourth-order valence-electron chi connectivity index (χ4n) is 2.65. The van der Waals surface area contributed by atoms with E-state index in [9.17, 15) is 9.59 Å². The van der Waals surface area contributed by atoms with Crippen LogP contribution in [0.4, 0.5) is 0 Å². The van der Waals surface area contributed by atoms with Gasteiger partial charge in [-0.05, 0) is 37.3 Å². The Labute approximate surface area is 125 Å². The van der Waals surface area contributed by atoms with Crippen LogP contribution in [0, 0.1) is 5.92 Å². The van der Waals surface area contributed by atoms with E-state index in [4.69, 9.17) is 0 Å². The molecule has 1 saturated heterocycles. The minimum absolute atomic E-state index is 0.0546. The summed E-state index contributed by atoms with van der Waals surface area (Å²) in [7, 11) is 0. The van der Waals surface area contributed by atoms with Crippen molar-refractivity contribution in [1.82, 2.24) is 15.2 Å². The van der Waals surface area contributed by atoms with Crippen LogP contribution >= 0.6 is 0 Å². The Morgan fingerprint density at radius 1 is 1.38 bits per heavy atom. The van der Waals surface area contributed by atoms with Gasteiger partial charge in [0, 0.05) is 44.9 Å². The average molecular weight is 289 g/mol. The molecule has 5 heteroatoms. The van der Waals surface area contributed by atoms with Gasteiger partial charge in [0.15, 0.2) is 0 Å². The Kier molecular flexibility index (Phi) is 5.72. The molecule has 1 aromatic rings. The number of amides is 2. The van der Waals surface area contributed by atoms with Crippen LogP contribution in [0.5, 0.6) is 0 Å². The zero-order valence-corrected chi connectivity index (χ0v) is 12.5. The van der Waals surface area contributed by atoms with E-state index in [2.05, 4.69) is 10.3 Å². The lowest BCUT2D eigenvalue weighted by Gasteiger charge is -2.30. The maximum Gasteiger partial charge on any atom is 0.223 e. The molecule has 0 aliphatic carbocycles. The van der Waals surface area contributed by atoms with E-state index in [1.807, 2.05) is 23.2 Å². The maximum atomic E-state index is 12.1. The lowest BCUT2D eigenvalue weighted by molar-refractivity contribution is -0.133. The van der Waals surface area contributed by atoms with Crippen molar-refractivity contribution >= 4 is 11.8 Å². The van der Waals surface area contributed by atoms with Crippen LogP contribution in [0.3, 0.4) is 0 Å². The van der Waals surface area contributed by atoms with Crippen molar-refractivity contribution in [2.75, 3.05) is 19.6 Å². The number of aromatic nitrogens is 1. The molecule has 0 unspecified atom stereocenters. The molecule has 0 atom stereocenters. The molecular formula is C16H23N3O2.